The lowest BCUT2D eigenvalue weighted by atomic mass is 9.99. The highest BCUT2D eigenvalue weighted by Gasteiger charge is 2.33. The average Bonchev–Trinajstić information content (AvgIpc) is 3.30. The number of nitrogens with one attached hydrogen (secondary N) is 1. The van der Waals surface area contributed by atoms with Crippen LogP contribution in [0.4, 0.5) is 13.2 Å². The van der Waals surface area contributed by atoms with Crippen LogP contribution >= 0.6 is 0 Å². The molecule has 138 valence electrons. The standard InChI is InChI=1S/C18H18F3N3O2/c19-18(20,21)12-5-3-11(4-6-12)16-13-10-24(8-7-14(13)22-23-16)17(25)15-2-1-9-26-15/h3-6,15H,1-2,7-10H2,(H,22,23). The van der Waals surface area contributed by atoms with Gasteiger partial charge in [-0.05, 0) is 25.0 Å². The maximum atomic E-state index is 12.7. The van der Waals surface area contributed by atoms with Crippen LogP contribution in [0.1, 0.15) is 29.7 Å². The number of halogens is 3. The largest absolute Gasteiger partial charge is 0.416 e. The molecular weight excluding hydrogens is 347 g/mol. The molecule has 1 aromatic heterocycles. The minimum absolute atomic E-state index is 0.0206. The molecule has 3 heterocycles. The number of hydrogen-bond acceptors (Lipinski definition) is 3. The van der Waals surface area contributed by atoms with Crippen LogP contribution in [0.15, 0.2) is 24.3 Å². The summed E-state index contributed by atoms with van der Waals surface area (Å²) in [6, 6.07) is 4.93. The van der Waals surface area contributed by atoms with Crippen LogP contribution in [0, 0.1) is 0 Å². The molecular formula is C18H18F3N3O2. The van der Waals surface area contributed by atoms with Crippen LogP contribution in [-0.2, 0) is 28.7 Å². The Bertz CT molecular complexity index is 808. The molecule has 1 N–H and O–H groups in total. The van der Waals surface area contributed by atoms with Crippen LogP contribution < -0.4 is 0 Å². The summed E-state index contributed by atoms with van der Waals surface area (Å²) in [4.78, 5) is 14.3. The molecule has 0 bridgehead atoms. The number of aromatic nitrogens is 2. The molecule has 26 heavy (non-hydrogen) atoms. The maximum Gasteiger partial charge on any atom is 0.416 e. The van der Waals surface area contributed by atoms with Crippen LogP contribution in [0.2, 0.25) is 0 Å². The molecule has 1 amide bonds. The van der Waals surface area contributed by atoms with Crippen LogP contribution in [0.5, 0.6) is 0 Å². The van der Waals surface area contributed by atoms with E-state index in [1.54, 1.807) is 4.90 Å². The summed E-state index contributed by atoms with van der Waals surface area (Å²) >= 11 is 0. The Morgan fingerprint density at radius 1 is 1.27 bits per heavy atom. The van der Waals surface area contributed by atoms with E-state index in [9.17, 15) is 18.0 Å². The van der Waals surface area contributed by atoms with Gasteiger partial charge in [0.05, 0.1) is 11.3 Å². The van der Waals surface area contributed by atoms with Gasteiger partial charge in [0.1, 0.15) is 6.10 Å². The predicted molar refractivity (Wildman–Crippen MR) is 87.1 cm³/mol. The third kappa shape index (κ3) is 3.09. The van der Waals surface area contributed by atoms with Crippen molar-refractivity contribution >= 4 is 5.91 Å². The van der Waals surface area contributed by atoms with E-state index in [0.717, 1.165) is 36.2 Å². The van der Waals surface area contributed by atoms with E-state index in [1.165, 1.54) is 12.1 Å². The summed E-state index contributed by atoms with van der Waals surface area (Å²) in [5.74, 6) is -0.0206. The number of hydrogen-bond donors (Lipinski definition) is 1. The number of rotatable bonds is 2. The lowest BCUT2D eigenvalue weighted by Gasteiger charge is -2.29. The molecule has 2 aromatic rings. The fourth-order valence-corrected chi connectivity index (χ4v) is 3.52. The van der Waals surface area contributed by atoms with E-state index < -0.39 is 11.7 Å². The van der Waals surface area contributed by atoms with Crippen molar-refractivity contribution in [2.24, 2.45) is 0 Å². The number of benzene rings is 1. The SMILES string of the molecule is O=C(C1CCCO1)N1CCc2[nH]nc(-c3ccc(C(F)(F)F)cc3)c2C1. The molecule has 8 heteroatoms. The maximum absolute atomic E-state index is 12.7. The first-order valence-corrected chi connectivity index (χ1v) is 8.57. The molecule has 0 saturated carbocycles. The second-order valence-corrected chi connectivity index (χ2v) is 6.62. The second kappa shape index (κ2) is 6.42. The zero-order valence-corrected chi connectivity index (χ0v) is 14.0. The Kier molecular flexibility index (Phi) is 4.22. The van der Waals surface area contributed by atoms with E-state index in [-0.39, 0.29) is 12.0 Å². The Balaban J connectivity index is 1.58. The Morgan fingerprint density at radius 3 is 2.69 bits per heavy atom. The van der Waals surface area contributed by atoms with Gasteiger partial charge in [-0.25, -0.2) is 0 Å². The van der Waals surface area contributed by atoms with Crippen molar-refractivity contribution < 1.29 is 22.7 Å². The van der Waals surface area contributed by atoms with Gasteiger partial charge >= 0.3 is 6.18 Å². The molecule has 4 rings (SSSR count). The zero-order chi connectivity index (χ0) is 18.3. The highest BCUT2D eigenvalue weighted by atomic mass is 19.4. The minimum Gasteiger partial charge on any atom is -0.368 e. The summed E-state index contributed by atoms with van der Waals surface area (Å²) < 4.78 is 43.7. The van der Waals surface area contributed by atoms with Gasteiger partial charge in [0.25, 0.3) is 5.91 Å². The number of carbonyl (C=O) groups excluding carboxylic acids is 1. The lowest BCUT2D eigenvalue weighted by molar-refractivity contribution is -0.142. The highest BCUT2D eigenvalue weighted by Crippen LogP contribution is 2.33. The quantitative estimate of drug-likeness (QED) is 0.889. The molecule has 1 unspecified atom stereocenters. The highest BCUT2D eigenvalue weighted by molar-refractivity contribution is 5.82. The summed E-state index contributed by atoms with van der Waals surface area (Å²) in [7, 11) is 0. The number of ether oxygens (including phenoxy) is 1. The Labute approximate surface area is 148 Å². The molecule has 5 nitrogen and oxygen atoms in total. The van der Waals surface area contributed by atoms with E-state index in [0.29, 0.717) is 37.4 Å². The molecule has 0 aliphatic carbocycles. The smallest absolute Gasteiger partial charge is 0.368 e. The first-order chi connectivity index (χ1) is 12.4. The Morgan fingerprint density at radius 2 is 2.04 bits per heavy atom. The fraction of sp³-hybridized carbons (Fsp3) is 0.444. The Hall–Kier alpha value is -2.35. The van der Waals surface area contributed by atoms with Crippen LogP contribution in [0.25, 0.3) is 11.3 Å². The van der Waals surface area contributed by atoms with Crippen LogP contribution in [-0.4, -0.2) is 40.3 Å². The van der Waals surface area contributed by atoms with Gasteiger partial charge < -0.3 is 9.64 Å². The molecule has 0 spiro atoms. The number of amides is 1. The number of fused-ring (bicyclic) bond motifs is 1. The van der Waals surface area contributed by atoms with Gasteiger partial charge in [0.15, 0.2) is 0 Å². The molecule has 1 saturated heterocycles. The molecule has 2 aliphatic rings. The zero-order valence-electron chi connectivity index (χ0n) is 14.0. The first-order valence-electron chi connectivity index (χ1n) is 8.57. The second-order valence-electron chi connectivity index (χ2n) is 6.62. The van der Waals surface area contributed by atoms with Gasteiger partial charge in [-0.2, -0.15) is 18.3 Å². The van der Waals surface area contributed by atoms with Crippen molar-refractivity contribution in [3.8, 4) is 11.3 Å². The number of alkyl halides is 3. The van der Waals surface area contributed by atoms with E-state index in [2.05, 4.69) is 10.2 Å². The van der Waals surface area contributed by atoms with Gasteiger partial charge in [-0.3, -0.25) is 9.89 Å². The third-order valence-corrected chi connectivity index (χ3v) is 4.94. The monoisotopic (exact) mass is 365 g/mol. The predicted octanol–water partition coefficient (Wildman–Crippen LogP) is 3.16. The van der Waals surface area contributed by atoms with Crippen LogP contribution in [0.3, 0.4) is 0 Å². The van der Waals surface area contributed by atoms with Gasteiger partial charge in [-0.15, -0.1) is 0 Å². The normalized spacial score (nSPS) is 20.3. The van der Waals surface area contributed by atoms with Gasteiger partial charge in [0.2, 0.25) is 0 Å². The van der Waals surface area contributed by atoms with Crippen molar-refractivity contribution in [2.75, 3.05) is 13.2 Å². The van der Waals surface area contributed by atoms with Crippen molar-refractivity contribution in [1.82, 2.24) is 15.1 Å². The third-order valence-electron chi connectivity index (χ3n) is 4.94. The topological polar surface area (TPSA) is 58.2 Å². The molecule has 1 aromatic carbocycles. The number of carbonyl (C=O) groups is 1. The lowest BCUT2D eigenvalue weighted by Crippen LogP contribution is -2.41. The van der Waals surface area contributed by atoms with Crippen molar-refractivity contribution in [1.29, 1.82) is 0 Å². The summed E-state index contributed by atoms with van der Waals surface area (Å²) in [5, 5.41) is 7.23. The summed E-state index contributed by atoms with van der Waals surface area (Å²) in [6.07, 6.45) is -2.48. The van der Waals surface area contributed by atoms with Gasteiger partial charge in [-0.1, -0.05) is 12.1 Å². The van der Waals surface area contributed by atoms with Gasteiger partial charge in [0, 0.05) is 42.9 Å². The first kappa shape index (κ1) is 17.1. The molecule has 0 radical (unpaired) electrons. The van der Waals surface area contributed by atoms with E-state index in [4.69, 9.17) is 4.74 Å². The fourth-order valence-electron chi connectivity index (χ4n) is 3.52. The number of aromatic amines is 1. The summed E-state index contributed by atoms with van der Waals surface area (Å²) in [6.45, 7) is 1.58. The molecule has 1 atom stereocenters. The molecule has 1 fully saturated rings. The number of H-pyrrole nitrogens is 1. The minimum atomic E-state index is -4.37. The van der Waals surface area contributed by atoms with E-state index >= 15 is 0 Å². The van der Waals surface area contributed by atoms with E-state index in [1.807, 2.05) is 0 Å². The molecule has 2 aliphatic heterocycles. The summed E-state index contributed by atoms with van der Waals surface area (Å²) in [5.41, 5.74) is 2.29. The average molecular weight is 365 g/mol. The van der Waals surface area contributed by atoms with Crippen molar-refractivity contribution in [3.63, 3.8) is 0 Å². The number of nitrogens with zero attached hydrogens (tertiary/aromatic N) is 2. The van der Waals surface area contributed by atoms with Crippen molar-refractivity contribution in [3.05, 3.63) is 41.1 Å². The van der Waals surface area contributed by atoms with Crippen molar-refractivity contribution in [2.45, 2.75) is 38.1 Å².